The van der Waals surface area contributed by atoms with E-state index in [-0.39, 0.29) is 0 Å². The Labute approximate surface area is 180 Å². The molecule has 30 heavy (non-hydrogen) atoms. The Hall–Kier alpha value is -3.26. The number of rotatable bonds is 8. The van der Waals surface area contributed by atoms with Crippen LogP contribution in [-0.2, 0) is 13.1 Å². The number of thiophene rings is 1. The maximum atomic E-state index is 5.90. The van der Waals surface area contributed by atoms with Gasteiger partial charge in [0, 0.05) is 35.6 Å². The molecule has 2 heterocycles. The Balaban J connectivity index is 1.57. The number of nitrogens with one attached hydrogen (secondary N) is 2. The number of nitrogens with zero attached hydrogens (tertiary/aromatic N) is 2. The summed E-state index contributed by atoms with van der Waals surface area (Å²) < 4.78 is 16.6. The molecule has 7 nitrogen and oxygen atoms in total. The molecule has 0 fully saturated rings. The van der Waals surface area contributed by atoms with Gasteiger partial charge in [-0.25, -0.2) is 4.98 Å². The fourth-order valence-corrected chi connectivity index (χ4v) is 3.59. The van der Waals surface area contributed by atoms with Crippen LogP contribution < -0.4 is 24.8 Å². The maximum Gasteiger partial charge on any atom is 0.219 e. The molecule has 0 saturated carbocycles. The fraction of sp³-hybridized carbons (Fsp3) is 0.273. The third kappa shape index (κ3) is 5.64. The van der Waals surface area contributed by atoms with Crippen LogP contribution in [0.15, 0.2) is 53.7 Å². The average molecular weight is 427 g/mol. The van der Waals surface area contributed by atoms with Crippen molar-refractivity contribution in [3.05, 3.63) is 64.0 Å². The summed E-state index contributed by atoms with van der Waals surface area (Å²) in [6.45, 7) is 3.43. The van der Waals surface area contributed by atoms with Crippen molar-refractivity contribution in [3.8, 4) is 23.1 Å². The first-order valence-electron chi connectivity index (χ1n) is 9.46. The van der Waals surface area contributed by atoms with Gasteiger partial charge in [0.15, 0.2) is 17.5 Å². The number of aromatic nitrogens is 1. The molecule has 0 aliphatic carbocycles. The monoisotopic (exact) mass is 426 g/mol. The maximum absolute atomic E-state index is 5.90. The van der Waals surface area contributed by atoms with Gasteiger partial charge in [0.2, 0.25) is 11.6 Å². The summed E-state index contributed by atoms with van der Waals surface area (Å²) in [5, 5.41) is 6.61. The van der Waals surface area contributed by atoms with Gasteiger partial charge in [0.25, 0.3) is 0 Å². The van der Waals surface area contributed by atoms with Crippen molar-refractivity contribution >= 4 is 17.3 Å². The summed E-state index contributed by atoms with van der Waals surface area (Å²) >= 11 is 1.78. The van der Waals surface area contributed by atoms with Gasteiger partial charge in [-0.3, -0.25) is 4.99 Å². The molecule has 2 aromatic heterocycles. The summed E-state index contributed by atoms with van der Waals surface area (Å²) in [7, 11) is 4.93. The second-order valence-electron chi connectivity index (χ2n) is 6.39. The minimum absolute atomic E-state index is 0.456. The topological polar surface area (TPSA) is 77.0 Å². The number of pyridine rings is 1. The third-order valence-electron chi connectivity index (χ3n) is 4.30. The zero-order chi connectivity index (χ0) is 21.3. The van der Waals surface area contributed by atoms with Gasteiger partial charge < -0.3 is 24.8 Å². The number of para-hydroxylation sites is 1. The highest BCUT2D eigenvalue weighted by atomic mass is 32.1. The van der Waals surface area contributed by atoms with E-state index in [1.54, 1.807) is 38.8 Å². The van der Waals surface area contributed by atoms with Gasteiger partial charge in [-0.15, -0.1) is 11.3 Å². The molecule has 0 bridgehead atoms. The molecule has 8 heteroatoms. The van der Waals surface area contributed by atoms with Crippen LogP contribution in [0.1, 0.15) is 15.3 Å². The molecular weight excluding hydrogens is 400 g/mol. The van der Waals surface area contributed by atoms with Crippen LogP contribution in [0, 0.1) is 6.92 Å². The lowest BCUT2D eigenvalue weighted by atomic mass is 10.3. The van der Waals surface area contributed by atoms with Crippen molar-refractivity contribution in [2.75, 3.05) is 21.3 Å². The standard InChI is InChI=1S/C22H26N4O3S/c1-15-8-10-17(30-15)14-26-22(23-2)25-13-16-9-11-20(24-12-16)29-21-18(27-3)6-5-7-19(21)28-4/h5-12H,13-14H2,1-4H3,(H2,23,25,26). The number of hydrogen-bond acceptors (Lipinski definition) is 6. The highest BCUT2D eigenvalue weighted by molar-refractivity contribution is 7.11. The second-order valence-corrected chi connectivity index (χ2v) is 7.76. The highest BCUT2D eigenvalue weighted by Crippen LogP contribution is 2.39. The van der Waals surface area contributed by atoms with E-state index in [1.165, 1.54) is 9.75 Å². The van der Waals surface area contributed by atoms with E-state index >= 15 is 0 Å². The highest BCUT2D eigenvalue weighted by Gasteiger charge is 2.13. The molecule has 0 amide bonds. The van der Waals surface area contributed by atoms with Gasteiger partial charge in [-0.2, -0.15) is 0 Å². The lowest BCUT2D eigenvalue weighted by Crippen LogP contribution is -2.36. The smallest absolute Gasteiger partial charge is 0.219 e. The van der Waals surface area contributed by atoms with E-state index in [4.69, 9.17) is 14.2 Å². The van der Waals surface area contributed by atoms with Gasteiger partial charge in [-0.05, 0) is 36.8 Å². The molecule has 3 aromatic rings. The number of aryl methyl sites for hydroxylation is 1. The van der Waals surface area contributed by atoms with Crippen LogP contribution in [0.5, 0.6) is 23.1 Å². The first kappa shape index (κ1) is 21.4. The molecule has 0 unspecified atom stereocenters. The lowest BCUT2D eigenvalue weighted by molar-refractivity contribution is 0.342. The summed E-state index contributed by atoms with van der Waals surface area (Å²) in [6, 6.07) is 13.5. The van der Waals surface area contributed by atoms with E-state index in [1.807, 2.05) is 30.3 Å². The van der Waals surface area contributed by atoms with E-state index in [0.29, 0.717) is 29.7 Å². The van der Waals surface area contributed by atoms with Gasteiger partial charge in [0.05, 0.1) is 20.8 Å². The van der Waals surface area contributed by atoms with Crippen molar-refractivity contribution in [2.24, 2.45) is 4.99 Å². The number of guanidine groups is 1. The van der Waals surface area contributed by atoms with E-state index in [2.05, 4.69) is 39.7 Å². The Morgan fingerprint density at radius 3 is 2.30 bits per heavy atom. The Kier molecular flexibility index (Phi) is 7.51. The average Bonchev–Trinajstić information content (AvgIpc) is 3.20. The predicted molar refractivity (Wildman–Crippen MR) is 120 cm³/mol. The second kappa shape index (κ2) is 10.5. The van der Waals surface area contributed by atoms with E-state index in [9.17, 15) is 0 Å². The Bertz CT molecular complexity index is 964. The number of aliphatic imine (C=N–C) groups is 1. The van der Waals surface area contributed by atoms with Gasteiger partial charge in [-0.1, -0.05) is 12.1 Å². The molecule has 0 aliphatic rings. The van der Waals surface area contributed by atoms with Crippen molar-refractivity contribution in [3.63, 3.8) is 0 Å². The molecule has 2 N–H and O–H groups in total. The summed E-state index contributed by atoms with van der Waals surface area (Å²) in [5.74, 6) is 2.85. The SMILES string of the molecule is CN=C(NCc1ccc(Oc2c(OC)cccc2OC)nc1)NCc1ccc(C)s1. The number of ether oxygens (including phenoxy) is 3. The number of benzene rings is 1. The zero-order valence-corrected chi connectivity index (χ0v) is 18.4. The van der Waals surface area contributed by atoms with Crippen molar-refractivity contribution < 1.29 is 14.2 Å². The molecule has 0 saturated heterocycles. The van der Waals surface area contributed by atoms with Gasteiger partial charge in [0.1, 0.15) is 0 Å². The molecule has 3 rings (SSSR count). The molecule has 0 atom stereocenters. The van der Waals surface area contributed by atoms with Crippen LogP contribution in [-0.4, -0.2) is 32.2 Å². The van der Waals surface area contributed by atoms with Crippen LogP contribution >= 0.6 is 11.3 Å². The summed E-state index contributed by atoms with van der Waals surface area (Å²) in [5.41, 5.74) is 1.00. The largest absolute Gasteiger partial charge is 0.493 e. The predicted octanol–water partition coefficient (Wildman–Crippen LogP) is 4.13. The molecule has 0 spiro atoms. The zero-order valence-electron chi connectivity index (χ0n) is 17.6. The summed E-state index contributed by atoms with van der Waals surface area (Å²) in [4.78, 5) is 11.2. The minimum Gasteiger partial charge on any atom is -0.493 e. The molecule has 158 valence electrons. The van der Waals surface area contributed by atoms with Crippen molar-refractivity contribution in [2.45, 2.75) is 20.0 Å². The minimum atomic E-state index is 0.456. The number of hydrogen-bond donors (Lipinski definition) is 2. The molecular formula is C22H26N4O3S. The third-order valence-corrected chi connectivity index (χ3v) is 5.30. The van der Waals surface area contributed by atoms with E-state index in [0.717, 1.165) is 18.1 Å². The van der Waals surface area contributed by atoms with Crippen LogP contribution in [0.25, 0.3) is 0 Å². The van der Waals surface area contributed by atoms with Crippen molar-refractivity contribution in [1.29, 1.82) is 0 Å². The number of methoxy groups -OCH3 is 2. The van der Waals surface area contributed by atoms with E-state index < -0.39 is 0 Å². The Morgan fingerprint density at radius 1 is 1.00 bits per heavy atom. The fourth-order valence-electron chi connectivity index (χ4n) is 2.76. The normalized spacial score (nSPS) is 11.1. The van der Waals surface area contributed by atoms with Crippen LogP contribution in [0.2, 0.25) is 0 Å². The first-order valence-corrected chi connectivity index (χ1v) is 10.3. The van der Waals surface area contributed by atoms with Crippen LogP contribution in [0.4, 0.5) is 0 Å². The molecule has 0 radical (unpaired) electrons. The van der Waals surface area contributed by atoms with Crippen molar-refractivity contribution in [1.82, 2.24) is 15.6 Å². The van der Waals surface area contributed by atoms with Gasteiger partial charge >= 0.3 is 0 Å². The summed E-state index contributed by atoms with van der Waals surface area (Å²) in [6.07, 6.45) is 1.76. The Morgan fingerprint density at radius 2 is 1.73 bits per heavy atom. The quantitative estimate of drug-likeness (QED) is 0.417. The first-order chi connectivity index (χ1) is 14.6. The lowest BCUT2D eigenvalue weighted by Gasteiger charge is -2.14. The van der Waals surface area contributed by atoms with Crippen LogP contribution in [0.3, 0.4) is 0 Å². The molecule has 0 aliphatic heterocycles. The molecule has 1 aromatic carbocycles.